The van der Waals surface area contributed by atoms with E-state index in [1.165, 1.54) is 0 Å². The molecule has 32 heavy (non-hydrogen) atoms. The Kier molecular flexibility index (Phi) is 5.12. The fourth-order valence-corrected chi connectivity index (χ4v) is 4.07. The second-order valence-electron chi connectivity index (χ2n) is 7.25. The Morgan fingerprint density at radius 1 is 0.906 bits per heavy atom. The number of fused-ring (bicyclic) bond motifs is 1. The maximum atomic E-state index is 6.40. The molecule has 2 aromatic carbocycles. The molecule has 0 unspecified atom stereocenters. The molecule has 3 heterocycles. The Morgan fingerprint density at radius 2 is 1.81 bits per heavy atom. The van der Waals surface area contributed by atoms with Crippen LogP contribution in [0.15, 0.2) is 66.3 Å². The Hall–Kier alpha value is -4.04. The van der Waals surface area contributed by atoms with Crippen molar-refractivity contribution in [3.63, 3.8) is 0 Å². The molecule has 5 aromatic rings. The number of aryl methyl sites for hydroxylation is 2. The van der Waals surface area contributed by atoms with E-state index in [4.69, 9.17) is 10.5 Å². The van der Waals surface area contributed by atoms with Gasteiger partial charge in [0.1, 0.15) is 11.6 Å². The van der Waals surface area contributed by atoms with Gasteiger partial charge in [-0.3, -0.25) is 0 Å². The molecular weight excluding hydrogens is 420 g/mol. The van der Waals surface area contributed by atoms with Crippen molar-refractivity contribution in [1.82, 2.24) is 19.9 Å². The number of nitrogens with zero attached hydrogens (tertiary/aromatic N) is 4. The summed E-state index contributed by atoms with van der Waals surface area (Å²) < 4.78 is 6.40. The summed E-state index contributed by atoms with van der Waals surface area (Å²) in [5.74, 6) is 2.22. The van der Waals surface area contributed by atoms with Crippen LogP contribution in [0.2, 0.25) is 0 Å². The number of anilines is 3. The molecule has 0 spiro atoms. The largest absolute Gasteiger partial charge is 0.437 e. The van der Waals surface area contributed by atoms with Gasteiger partial charge < -0.3 is 15.8 Å². The lowest BCUT2D eigenvalue weighted by molar-refractivity contribution is 0.466. The molecule has 0 saturated carbocycles. The molecule has 5 rings (SSSR count). The van der Waals surface area contributed by atoms with Crippen molar-refractivity contribution in [2.45, 2.75) is 13.8 Å². The zero-order valence-electron chi connectivity index (χ0n) is 17.5. The van der Waals surface area contributed by atoms with Gasteiger partial charge in [-0.05, 0) is 43.7 Å². The molecule has 0 aliphatic rings. The topological polar surface area (TPSA) is 98.8 Å². The Bertz CT molecular complexity index is 1430. The second-order valence-corrected chi connectivity index (χ2v) is 8.31. The first kappa shape index (κ1) is 19.9. The van der Waals surface area contributed by atoms with Crippen molar-refractivity contribution in [3.05, 3.63) is 76.9 Å². The predicted octanol–water partition coefficient (Wildman–Crippen LogP) is 5.88. The van der Waals surface area contributed by atoms with Gasteiger partial charge in [0.15, 0.2) is 0 Å². The quantitative estimate of drug-likeness (QED) is 0.352. The van der Waals surface area contributed by atoms with E-state index in [0.717, 1.165) is 44.2 Å². The molecule has 0 aliphatic heterocycles. The highest BCUT2D eigenvalue weighted by atomic mass is 32.1. The van der Waals surface area contributed by atoms with Crippen LogP contribution in [-0.4, -0.2) is 19.9 Å². The fourth-order valence-electron chi connectivity index (χ4n) is 3.53. The third-order valence-electron chi connectivity index (χ3n) is 5.01. The molecule has 8 heteroatoms. The molecule has 3 aromatic heterocycles. The van der Waals surface area contributed by atoms with Gasteiger partial charge in [-0.2, -0.15) is 0 Å². The van der Waals surface area contributed by atoms with Gasteiger partial charge in [0.05, 0.1) is 16.3 Å². The normalized spacial score (nSPS) is 10.9. The van der Waals surface area contributed by atoms with Crippen LogP contribution in [0.1, 0.15) is 10.6 Å². The average Bonchev–Trinajstić information content (AvgIpc) is 3.21. The zero-order chi connectivity index (χ0) is 22.1. The van der Waals surface area contributed by atoms with Crippen molar-refractivity contribution in [3.8, 4) is 22.9 Å². The van der Waals surface area contributed by atoms with Crippen LogP contribution in [0.25, 0.3) is 22.0 Å². The van der Waals surface area contributed by atoms with Gasteiger partial charge in [-0.1, -0.05) is 24.3 Å². The highest BCUT2D eigenvalue weighted by Gasteiger charge is 2.15. The summed E-state index contributed by atoms with van der Waals surface area (Å²) in [5, 5.41) is 8.44. The summed E-state index contributed by atoms with van der Waals surface area (Å²) in [4.78, 5) is 17.3. The number of ether oxygens (including phenoxy) is 1. The smallest absolute Gasteiger partial charge is 0.228 e. The highest BCUT2D eigenvalue weighted by molar-refractivity contribution is 7.09. The molecule has 0 atom stereocenters. The van der Waals surface area contributed by atoms with E-state index in [1.54, 1.807) is 29.8 Å². The first-order valence-corrected chi connectivity index (χ1v) is 10.9. The minimum Gasteiger partial charge on any atom is -0.437 e. The first-order valence-electron chi connectivity index (χ1n) is 10.0. The third-order valence-corrected chi connectivity index (χ3v) is 5.78. The number of aromatic nitrogens is 4. The number of nitrogen functional groups attached to an aromatic ring is 1. The van der Waals surface area contributed by atoms with E-state index < -0.39 is 0 Å². The average molecular weight is 441 g/mol. The number of nitrogens with two attached hydrogens (primary N) is 1. The van der Waals surface area contributed by atoms with Gasteiger partial charge in [0.25, 0.3) is 0 Å². The van der Waals surface area contributed by atoms with Crippen molar-refractivity contribution >= 4 is 39.6 Å². The lowest BCUT2D eigenvalue weighted by Gasteiger charge is -2.15. The Morgan fingerprint density at radius 3 is 2.62 bits per heavy atom. The fraction of sp³-hybridized carbons (Fsp3) is 0.0833. The van der Waals surface area contributed by atoms with Gasteiger partial charge in [0, 0.05) is 34.2 Å². The van der Waals surface area contributed by atoms with Crippen LogP contribution >= 0.6 is 11.3 Å². The van der Waals surface area contributed by atoms with E-state index in [9.17, 15) is 0 Å². The third kappa shape index (κ3) is 3.83. The minimum atomic E-state index is 0.201. The number of hydrogen-bond donors (Lipinski definition) is 2. The van der Waals surface area contributed by atoms with Gasteiger partial charge >= 0.3 is 0 Å². The number of benzene rings is 2. The van der Waals surface area contributed by atoms with Crippen LogP contribution in [0.5, 0.6) is 11.6 Å². The van der Waals surface area contributed by atoms with E-state index >= 15 is 0 Å². The van der Waals surface area contributed by atoms with E-state index in [0.29, 0.717) is 11.6 Å². The summed E-state index contributed by atoms with van der Waals surface area (Å²) in [6, 6.07) is 15.7. The first-order chi connectivity index (χ1) is 15.6. The molecule has 0 aliphatic carbocycles. The van der Waals surface area contributed by atoms with Crippen LogP contribution in [0.3, 0.4) is 0 Å². The number of pyridine rings is 1. The van der Waals surface area contributed by atoms with Crippen LogP contribution < -0.4 is 15.8 Å². The van der Waals surface area contributed by atoms with Crippen LogP contribution in [0.4, 0.5) is 17.5 Å². The monoisotopic (exact) mass is 440 g/mol. The molecule has 0 radical (unpaired) electrons. The van der Waals surface area contributed by atoms with Gasteiger partial charge in [-0.15, -0.1) is 11.3 Å². The van der Waals surface area contributed by atoms with Crippen molar-refractivity contribution in [1.29, 1.82) is 0 Å². The molecule has 0 bridgehead atoms. The SMILES string of the molecule is Cc1nc(Nc2cccc3c(Oc4ncccc4-c4ccnc(N)n4)c(C)ccc23)cs1. The highest BCUT2D eigenvalue weighted by Crippen LogP contribution is 2.39. The van der Waals surface area contributed by atoms with Crippen molar-refractivity contribution in [2.24, 2.45) is 0 Å². The van der Waals surface area contributed by atoms with Crippen LogP contribution in [0, 0.1) is 13.8 Å². The van der Waals surface area contributed by atoms with E-state index in [1.807, 2.05) is 55.6 Å². The molecule has 158 valence electrons. The van der Waals surface area contributed by atoms with Crippen molar-refractivity contribution in [2.75, 3.05) is 11.1 Å². The second kappa shape index (κ2) is 8.24. The molecule has 3 N–H and O–H groups in total. The minimum absolute atomic E-state index is 0.201. The summed E-state index contributed by atoms with van der Waals surface area (Å²) in [5.41, 5.74) is 9.14. The van der Waals surface area contributed by atoms with Crippen LogP contribution in [-0.2, 0) is 0 Å². The lowest BCUT2D eigenvalue weighted by Crippen LogP contribution is -1.99. The predicted molar refractivity (Wildman–Crippen MR) is 129 cm³/mol. The summed E-state index contributed by atoms with van der Waals surface area (Å²) in [6.07, 6.45) is 3.32. The Labute approximate surface area is 189 Å². The molecular formula is C24H20N6OS. The number of nitrogens with one attached hydrogen (secondary N) is 1. The van der Waals surface area contributed by atoms with Gasteiger partial charge in [0.2, 0.25) is 11.8 Å². The van der Waals surface area contributed by atoms with Gasteiger partial charge in [-0.25, -0.2) is 19.9 Å². The molecule has 7 nitrogen and oxygen atoms in total. The Balaban J connectivity index is 1.59. The van der Waals surface area contributed by atoms with E-state index in [2.05, 4.69) is 31.3 Å². The summed E-state index contributed by atoms with van der Waals surface area (Å²) >= 11 is 1.61. The molecule has 0 saturated heterocycles. The standard InChI is InChI=1S/C24H20N6OS/c1-14-8-9-16-17(5-3-7-19(16)29-21-13-32-15(2)28-21)22(14)31-23-18(6-4-11-26-23)20-10-12-27-24(25)30-20/h3-13,29H,1-2H3,(H2,25,27,30). The summed E-state index contributed by atoms with van der Waals surface area (Å²) in [7, 11) is 0. The number of hydrogen-bond acceptors (Lipinski definition) is 8. The lowest BCUT2D eigenvalue weighted by atomic mass is 10.0. The number of thiazole rings is 1. The molecule has 0 fully saturated rings. The van der Waals surface area contributed by atoms with E-state index in [-0.39, 0.29) is 5.95 Å². The van der Waals surface area contributed by atoms with Crippen molar-refractivity contribution < 1.29 is 4.74 Å². The maximum Gasteiger partial charge on any atom is 0.228 e. The number of rotatable bonds is 5. The zero-order valence-corrected chi connectivity index (χ0v) is 18.4. The maximum absolute atomic E-state index is 6.40. The molecule has 0 amide bonds. The summed E-state index contributed by atoms with van der Waals surface area (Å²) in [6.45, 7) is 4.01.